The number of anilines is 1. The highest BCUT2D eigenvalue weighted by Crippen LogP contribution is 2.36. The molecular formula is C17H27BN2O2. The van der Waals surface area contributed by atoms with Crippen LogP contribution >= 0.6 is 0 Å². The molecule has 0 aromatic carbocycles. The Balaban J connectivity index is 2.10. The zero-order chi connectivity index (χ0) is 26.6. The summed E-state index contributed by atoms with van der Waals surface area (Å²) in [7, 11) is -0.837. The summed E-state index contributed by atoms with van der Waals surface area (Å²) in [6.07, 6.45) is -6.17. The molecule has 2 saturated heterocycles. The SMILES string of the molecule is [2H]C([2H])([2H])C1([2H])C([2H])([2H])C([2H])([2H])N(c2ccc(B3OC(C)(C)C(C)(C)O3)cn2)C([2H])([2H])C1([2H])[2H]. The number of aromatic nitrogens is 1. The smallest absolute Gasteiger partial charge is 0.399 e. The Kier molecular flexibility index (Phi) is 1.72. The maximum Gasteiger partial charge on any atom is 0.496 e. The van der Waals surface area contributed by atoms with E-state index in [9.17, 15) is 0 Å². The van der Waals surface area contributed by atoms with E-state index in [1.807, 2.05) is 27.7 Å². The summed E-state index contributed by atoms with van der Waals surface area (Å²) in [5, 5.41) is 0. The zero-order valence-corrected chi connectivity index (χ0v) is 13.0. The molecule has 3 rings (SSSR count). The number of hydrogen-bond donors (Lipinski definition) is 0. The van der Waals surface area contributed by atoms with Crippen molar-refractivity contribution in [3.05, 3.63) is 18.3 Å². The molecule has 0 bridgehead atoms. The Morgan fingerprint density at radius 3 is 2.41 bits per heavy atom. The van der Waals surface area contributed by atoms with Gasteiger partial charge in [-0.3, -0.25) is 0 Å². The first-order valence-corrected chi connectivity index (χ1v) is 7.02. The van der Waals surface area contributed by atoms with Crippen molar-refractivity contribution in [2.45, 2.75) is 58.5 Å². The quantitative estimate of drug-likeness (QED) is 0.786. The van der Waals surface area contributed by atoms with Gasteiger partial charge in [0, 0.05) is 41.1 Å². The van der Waals surface area contributed by atoms with E-state index in [4.69, 9.17) is 25.8 Å². The summed E-state index contributed by atoms with van der Waals surface area (Å²) in [6, 6.07) is 2.54. The zero-order valence-electron chi connectivity index (χ0n) is 25.0. The van der Waals surface area contributed by atoms with Crippen LogP contribution in [0.1, 0.15) is 63.7 Å². The molecule has 4 nitrogen and oxygen atoms in total. The van der Waals surface area contributed by atoms with Gasteiger partial charge in [-0.1, -0.05) is 12.9 Å². The standard InChI is InChI=1S/C17H27BN2O2/c1-13-8-10-20(11-9-13)15-7-6-14(12-19-15)18-21-16(2,3)17(4,5)22-18/h6-7,12-13H,8-11H2,1-5H3/i1D3,8D2,9D2,10D2,11D2,13D. The highest BCUT2D eigenvalue weighted by Gasteiger charge is 2.51. The normalized spacial score (nSPS) is 44.0. The molecule has 2 fully saturated rings. The van der Waals surface area contributed by atoms with Gasteiger partial charge in [0.15, 0.2) is 0 Å². The van der Waals surface area contributed by atoms with Gasteiger partial charge in [-0.15, -0.1) is 0 Å². The van der Waals surface area contributed by atoms with E-state index in [2.05, 4.69) is 4.98 Å². The van der Waals surface area contributed by atoms with Crippen LogP contribution in [0.2, 0.25) is 0 Å². The lowest BCUT2D eigenvalue weighted by atomic mass is 9.80. The maximum atomic E-state index is 8.37. The fourth-order valence-electron chi connectivity index (χ4n) is 2.05. The minimum atomic E-state index is -3.78. The Labute approximate surface area is 151 Å². The largest absolute Gasteiger partial charge is 0.496 e. The molecule has 1 aromatic heterocycles. The minimum Gasteiger partial charge on any atom is -0.399 e. The van der Waals surface area contributed by atoms with Crippen LogP contribution in [-0.2, 0) is 9.31 Å². The van der Waals surface area contributed by atoms with Crippen molar-refractivity contribution in [2.24, 2.45) is 5.89 Å². The molecule has 120 valence electrons. The van der Waals surface area contributed by atoms with Gasteiger partial charge in [0.1, 0.15) is 5.82 Å². The van der Waals surface area contributed by atoms with Crippen molar-refractivity contribution in [3.8, 4) is 0 Å². The van der Waals surface area contributed by atoms with Crippen molar-refractivity contribution in [1.82, 2.24) is 4.98 Å². The molecule has 0 N–H and O–H groups in total. The van der Waals surface area contributed by atoms with Crippen LogP contribution in [0.4, 0.5) is 5.82 Å². The lowest BCUT2D eigenvalue weighted by molar-refractivity contribution is 0.00578. The van der Waals surface area contributed by atoms with E-state index in [0.717, 1.165) is 6.07 Å². The molecule has 0 amide bonds. The summed E-state index contributed by atoms with van der Waals surface area (Å²) >= 11 is 0. The van der Waals surface area contributed by atoms with Crippen molar-refractivity contribution >= 4 is 18.4 Å². The van der Waals surface area contributed by atoms with Gasteiger partial charge < -0.3 is 14.2 Å². The van der Waals surface area contributed by atoms with Crippen LogP contribution in [0.15, 0.2) is 18.3 Å². The van der Waals surface area contributed by atoms with Gasteiger partial charge >= 0.3 is 7.12 Å². The van der Waals surface area contributed by atoms with Crippen LogP contribution in [0.5, 0.6) is 0 Å². The first-order valence-electron chi connectivity index (χ1n) is 13.0. The first-order chi connectivity index (χ1) is 14.9. The molecule has 2 aliphatic rings. The van der Waals surface area contributed by atoms with E-state index in [1.165, 1.54) is 12.3 Å². The number of rotatable bonds is 2. The highest BCUT2D eigenvalue weighted by molar-refractivity contribution is 6.62. The van der Waals surface area contributed by atoms with E-state index < -0.39 is 62.6 Å². The summed E-state index contributed by atoms with van der Waals surface area (Å²) < 4.78 is 109. The number of pyridine rings is 1. The van der Waals surface area contributed by atoms with E-state index in [-0.39, 0.29) is 4.90 Å². The molecule has 0 unspecified atom stereocenters. The third-order valence-corrected chi connectivity index (χ3v) is 4.11. The van der Waals surface area contributed by atoms with Crippen LogP contribution in [0.3, 0.4) is 0 Å². The highest BCUT2D eigenvalue weighted by atomic mass is 16.7. The maximum absolute atomic E-state index is 8.37. The van der Waals surface area contributed by atoms with Crippen molar-refractivity contribution in [3.63, 3.8) is 0 Å². The van der Waals surface area contributed by atoms with Crippen LogP contribution in [0.25, 0.3) is 0 Å². The van der Waals surface area contributed by atoms with Crippen LogP contribution in [0, 0.1) is 5.89 Å². The fraction of sp³-hybridized carbons (Fsp3) is 0.706. The molecular weight excluding hydrogens is 275 g/mol. The first kappa shape index (κ1) is 6.82. The molecule has 0 aliphatic carbocycles. The average molecular weight is 314 g/mol. The molecule has 22 heavy (non-hydrogen) atoms. The van der Waals surface area contributed by atoms with Crippen molar-refractivity contribution in [2.75, 3.05) is 17.9 Å². The Hall–Kier alpha value is -1.07. The number of piperidine rings is 1. The third-order valence-electron chi connectivity index (χ3n) is 4.11. The van der Waals surface area contributed by atoms with Gasteiger partial charge in [-0.2, -0.15) is 0 Å². The number of hydrogen-bond acceptors (Lipinski definition) is 4. The molecule has 1 aromatic rings. The van der Waals surface area contributed by atoms with Crippen molar-refractivity contribution in [1.29, 1.82) is 0 Å². The van der Waals surface area contributed by atoms with Crippen LogP contribution < -0.4 is 10.4 Å². The van der Waals surface area contributed by atoms with Gasteiger partial charge in [0.05, 0.1) is 11.2 Å². The fourth-order valence-corrected chi connectivity index (χ4v) is 2.05. The summed E-state index contributed by atoms with van der Waals surface area (Å²) in [5.74, 6) is -4.27. The topological polar surface area (TPSA) is 34.6 Å². The molecule has 0 atom stereocenters. The minimum absolute atomic E-state index is 0.131. The Morgan fingerprint density at radius 2 is 1.91 bits per heavy atom. The second-order valence-electron chi connectivity index (χ2n) is 6.22. The second kappa shape index (κ2) is 5.53. The predicted molar refractivity (Wildman–Crippen MR) is 90.6 cm³/mol. The van der Waals surface area contributed by atoms with Crippen molar-refractivity contribution < 1.29 is 25.8 Å². The van der Waals surface area contributed by atoms with Gasteiger partial charge in [-0.25, -0.2) is 4.98 Å². The van der Waals surface area contributed by atoms with Gasteiger partial charge in [0.2, 0.25) is 0 Å². The average Bonchev–Trinajstić information content (AvgIpc) is 2.86. The molecule has 0 radical (unpaired) electrons. The molecule has 0 spiro atoms. The second-order valence-corrected chi connectivity index (χ2v) is 6.22. The summed E-state index contributed by atoms with van der Waals surface area (Å²) in [4.78, 5) is 4.16. The van der Waals surface area contributed by atoms with E-state index in [1.54, 1.807) is 0 Å². The van der Waals surface area contributed by atoms with Crippen LogP contribution in [-0.4, -0.2) is 36.3 Å². The summed E-state index contributed by atoms with van der Waals surface area (Å²) in [5.41, 5.74) is -0.905. The van der Waals surface area contributed by atoms with E-state index in [0.29, 0.717) is 5.46 Å². The third kappa shape index (κ3) is 2.89. The number of nitrogens with zero attached hydrogens (tertiary/aromatic N) is 2. The monoisotopic (exact) mass is 314 g/mol. The van der Waals surface area contributed by atoms with Gasteiger partial charge in [0.25, 0.3) is 0 Å². The lowest BCUT2D eigenvalue weighted by Crippen LogP contribution is -2.41. The predicted octanol–water partition coefficient (Wildman–Crippen LogP) is 2.62. The molecule has 5 heteroatoms. The Morgan fingerprint density at radius 1 is 1.27 bits per heavy atom. The Bertz CT molecular complexity index is 920. The van der Waals surface area contributed by atoms with E-state index >= 15 is 0 Å². The molecule has 2 aliphatic heterocycles. The molecule has 0 saturated carbocycles. The lowest BCUT2D eigenvalue weighted by Gasteiger charge is -2.32. The molecule has 3 heterocycles. The van der Waals surface area contributed by atoms with Gasteiger partial charge in [-0.05, 0) is 52.4 Å². The summed E-state index contributed by atoms with van der Waals surface area (Å²) in [6.45, 7) is -3.28.